The van der Waals surface area contributed by atoms with Crippen LogP contribution in [-0.4, -0.2) is 42.5 Å². The predicted molar refractivity (Wildman–Crippen MR) is 46.0 cm³/mol. The van der Waals surface area contributed by atoms with Gasteiger partial charge in [-0.3, -0.25) is 4.99 Å². The first-order chi connectivity index (χ1) is 6.18. The van der Waals surface area contributed by atoms with Gasteiger partial charge in [0.15, 0.2) is 5.96 Å². The summed E-state index contributed by atoms with van der Waals surface area (Å²) in [6.45, 7) is 3.18. The van der Waals surface area contributed by atoms with Gasteiger partial charge < -0.3 is 10.2 Å². The van der Waals surface area contributed by atoms with Crippen molar-refractivity contribution in [1.82, 2.24) is 10.2 Å². The Hall–Kier alpha value is -0.870. The Morgan fingerprint density at radius 2 is 2.38 bits per heavy atom. The van der Waals surface area contributed by atoms with Gasteiger partial charge in [-0.15, -0.1) is 0 Å². The maximum absolute atomic E-state index is 12.6. The molecule has 0 radical (unpaired) electrons. The molecule has 1 N–H and O–H groups in total. The van der Waals surface area contributed by atoms with Gasteiger partial charge in [0, 0.05) is 12.6 Å². The summed E-state index contributed by atoms with van der Waals surface area (Å²) < 4.78 is 25.2. The highest BCUT2D eigenvalue weighted by Crippen LogP contribution is 2.22. The van der Waals surface area contributed by atoms with Crippen molar-refractivity contribution in [2.75, 3.05) is 13.1 Å². The lowest BCUT2D eigenvalue weighted by molar-refractivity contribution is 0.0427. The first-order valence-electron chi connectivity index (χ1n) is 4.54. The van der Waals surface area contributed by atoms with Crippen LogP contribution in [0.25, 0.3) is 0 Å². The lowest BCUT2D eigenvalue weighted by atomic mass is 10.1. The zero-order chi connectivity index (χ0) is 9.42. The van der Waals surface area contributed by atoms with Crippen LogP contribution in [0.15, 0.2) is 4.99 Å². The second kappa shape index (κ2) is 3.12. The van der Waals surface area contributed by atoms with E-state index in [1.54, 1.807) is 4.90 Å². The Morgan fingerprint density at radius 1 is 1.62 bits per heavy atom. The average molecular weight is 189 g/mol. The largest absolute Gasteiger partial charge is 0.354 e. The van der Waals surface area contributed by atoms with Crippen LogP contribution >= 0.6 is 0 Å². The summed E-state index contributed by atoms with van der Waals surface area (Å²) in [5.74, 6) is 0.657. The van der Waals surface area contributed by atoms with Crippen LogP contribution in [0, 0.1) is 0 Å². The lowest BCUT2D eigenvalue weighted by Gasteiger charge is -2.38. The maximum Gasteiger partial charge on any atom is 0.258 e. The van der Waals surface area contributed by atoms with Crippen molar-refractivity contribution < 1.29 is 8.78 Å². The third-order valence-electron chi connectivity index (χ3n) is 2.54. The van der Waals surface area contributed by atoms with Crippen molar-refractivity contribution in [2.45, 2.75) is 31.9 Å². The highest BCUT2D eigenvalue weighted by molar-refractivity contribution is 5.82. The number of nitrogens with zero attached hydrogens (tertiary/aromatic N) is 2. The van der Waals surface area contributed by atoms with E-state index in [0.29, 0.717) is 25.5 Å². The van der Waals surface area contributed by atoms with E-state index in [-0.39, 0.29) is 6.04 Å². The molecule has 0 amide bonds. The first kappa shape index (κ1) is 8.72. The molecular weight excluding hydrogens is 176 g/mol. The number of hydrogen-bond acceptors (Lipinski definition) is 3. The van der Waals surface area contributed by atoms with E-state index >= 15 is 0 Å². The number of nitrogens with one attached hydrogen (secondary N) is 1. The number of aliphatic imine (C=N–C) groups is 1. The molecule has 1 saturated heterocycles. The Labute approximate surface area is 75.8 Å². The summed E-state index contributed by atoms with van der Waals surface area (Å²) in [5.41, 5.74) is 0. The molecule has 0 spiro atoms. The summed E-state index contributed by atoms with van der Waals surface area (Å²) in [6.07, 6.45) is -1.77. The topological polar surface area (TPSA) is 27.6 Å². The molecule has 2 atom stereocenters. The number of guanidine groups is 1. The SMILES string of the molecule is CC1CC(C(F)F)N2CCN=C2N1. The van der Waals surface area contributed by atoms with Crippen LogP contribution < -0.4 is 5.32 Å². The molecule has 2 aliphatic heterocycles. The molecule has 0 aliphatic carbocycles. The Bertz CT molecular complexity index is 229. The van der Waals surface area contributed by atoms with Crippen LogP contribution in [0.2, 0.25) is 0 Å². The molecule has 0 aromatic carbocycles. The van der Waals surface area contributed by atoms with Crippen LogP contribution in [0.5, 0.6) is 0 Å². The average Bonchev–Trinajstić information content (AvgIpc) is 2.49. The molecule has 0 aromatic heterocycles. The Morgan fingerprint density at radius 3 is 3.08 bits per heavy atom. The van der Waals surface area contributed by atoms with Gasteiger partial charge in [-0.25, -0.2) is 8.78 Å². The molecule has 74 valence electrons. The molecule has 1 fully saturated rings. The fraction of sp³-hybridized carbons (Fsp3) is 0.875. The van der Waals surface area contributed by atoms with Crippen molar-refractivity contribution in [1.29, 1.82) is 0 Å². The van der Waals surface area contributed by atoms with Gasteiger partial charge in [0.1, 0.15) is 0 Å². The molecule has 13 heavy (non-hydrogen) atoms. The summed E-state index contributed by atoms with van der Waals surface area (Å²) >= 11 is 0. The van der Waals surface area contributed by atoms with Crippen molar-refractivity contribution in [3.63, 3.8) is 0 Å². The molecule has 3 nitrogen and oxygen atoms in total. The quantitative estimate of drug-likeness (QED) is 0.656. The summed E-state index contributed by atoms with van der Waals surface area (Å²) in [7, 11) is 0. The predicted octanol–water partition coefficient (Wildman–Crippen LogP) is 0.674. The second-order valence-electron chi connectivity index (χ2n) is 3.58. The van der Waals surface area contributed by atoms with E-state index in [1.165, 1.54) is 0 Å². The monoisotopic (exact) mass is 189 g/mol. The van der Waals surface area contributed by atoms with Crippen molar-refractivity contribution >= 4 is 5.96 Å². The minimum atomic E-state index is -2.27. The first-order valence-corrected chi connectivity index (χ1v) is 4.54. The number of hydrogen-bond donors (Lipinski definition) is 1. The van der Waals surface area contributed by atoms with Crippen LogP contribution in [0.4, 0.5) is 8.78 Å². The minimum absolute atomic E-state index is 0.104. The van der Waals surface area contributed by atoms with Gasteiger partial charge in [-0.05, 0) is 13.3 Å². The van der Waals surface area contributed by atoms with Crippen molar-refractivity contribution in [2.24, 2.45) is 4.99 Å². The van der Waals surface area contributed by atoms with E-state index in [1.807, 2.05) is 6.92 Å². The zero-order valence-electron chi connectivity index (χ0n) is 7.50. The third kappa shape index (κ3) is 1.47. The zero-order valence-corrected chi connectivity index (χ0v) is 7.50. The van der Waals surface area contributed by atoms with Crippen molar-refractivity contribution in [3.8, 4) is 0 Å². The van der Waals surface area contributed by atoms with Crippen LogP contribution in [0.1, 0.15) is 13.3 Å². The fourth-order valence-corrected chi connectivity index (χ4v) is 1.92. The number of alkyl halides is 2. The minimum Gasteiger partial charge on any atom is -0.354 e. The molecule has 2 heterocycles. The molecule has 2 rings (SSSR count). The normalized spacial score (nSPS) is 32.9. The lowest BCUT2D eigenvalue weighted by Crippen LogP contribution is -2.57. The smallest absolute Gasteiger partial charge is 0.258 e. The van der Waals surface area contributed by atoms with Crippen LogP contribution in [-0.2, 0) is 0 Å². The Kier molecular flexibility index (Phi) is 2.09. The molecular formula is C8H13F2N3. The summed E-state index contributed by atoms with van der Waals surface area (Å²) in [6, 6.07) is -0.537. The van der Waals surface area contributed by atoms with Gasteiger partial charge in [-0.1, -0.05) is 0 Å². The number of fused-ring (bicyclic) bond motifs is 1. The molecule has 0 bridgehead atoms. The van der Waals surface area contributed by atoms with Gasteiger partial charge in [-0.2, -0.15) is 0 Å². The van der Waals surface area contributed by atoms with Gasteiger partial charge in [0.2, 0.25) is 0 Å². The molecule has 2 unspecified atom stereocenters. The molecule has 2 aliphatic rings. The standard InChI is InChI=1S/C8H13F2N3/c1-5-4-6(7(9)10)13-3-2-11-8(13)12-5/h5-7H,2-4H2,1H3,(H,11,12). The maximum atomic E-state index is 12.6. The van der Waals surface area contributed by atoms with E-state index in [4.69, 9.17) is 0 Å². The summed E-state index contributed by atoms with van der Waals surface area (Å²) in [4.78, 5) is 5.82. The van der Waals surface area contributed by atoms with E-state index < -0.39 is 12.5 Å². The number of halogens is 2. The van der Waals surface area contributed by atoms with Crippen LogP contribution in [0.3, 0.4) is 0 Å². The third-order valence-corrected chi connectivity index (χ3v) is 2.54. The molecule has 0 saturated carbocycles. The van der Waals surface area contributed by atoms with Crippen molar-refractivity contribution in [3.05, 3.63) is 0 Å². The molecule has 0 aromatic rings. The van der Waals surface area contributed by atoms with E-state index in [0.717, 1.165) is 0 Å². The second-order valence-corrected chi connectivity index (χ2v) is 3.58. The highest BCUT2D eigenvalue weighted by Gasteiger charge is 2.37. The van der Waals surface area contributed by atoms with Gasteiger partial charge >= 0.3 is 0 Å². The fourth-order valence-electron chi connectivity index (χ4n) is 1.92. The number of rotatable bonds is 1. The highest BCUT2D eigenvalue weighted by atomic mass is 19.3. The molecule has 5 heteroatoms. The van der Waals surface area contributed by atoms with Gasteiger partial charge in [0.25, 0.3) is 6.43 Å². The van der Waals surface area contributed by atoms with Gasteiger partial charge in [0.05, 0.1) is 12.6 Å². The van der Waals surface area contributed by atoms with E-state index in [2.05, 4.69) is 10.3 Å². The summed E-state index contributed by atoms with van der Waals surface area (Å²) in [5, 5.41) is 3.11. The van der Waals surface area contributed by atoms with E-state index in [9.17, 15) is 8.78 Å². The Balaban J connectivity index is 2.14.